The van der Waals surface area contributed by atoms with Crippen LogP contribution in [0.4, 0.5) is 0 Å². The number of rotatable bonds is 10. The molecule has 1 unspecified atom stereocenters. The lowest BCUT2D eigenvalue weighted by atomic mass is 10.0. The lowest BCUT2D eigenvalue weighted by Gasteiger charge is -2.13. The molecule has 2 aromatic carbocycles. The molecule has 2 rings (SSSR count). The lowest BCUT2D eigenvalue weighted by Crippen LogP contribution is -2.17. The molecule has 0 aliphatic rings. The van der Waals surface area contributed by atoms with Crippen LogP contribution in [0.2, 0.25) is 0 Å². The topological polar surface area (TPSA) is 47.9 Å². The first kappa shape index (κ1) is 7.81. The minimum Gasteiger partial charge on any atom is -0.493 e. The van der Waals surface area contributed by atoms with Gasteiger partial charge in [-0.3, -0.25) is 0 Å². The quantitative estimate of drug-likeness (QED) is 0.624. The summed E-state index contributed by atoms with van der Waals surface area (Å²) in [5.41, 5.74) is 0.405. The molecule has 0 spiro atoms. The van der Waals surface area contributed by atoms with Crippen molar-refractivity contribution in [3.63, 3.8) is 0 Å². The van der Waals surface area contributed by atoms with Gasteiger partial charge in [-0.05, 0) is 74.0 Å². The number of methoxy groups -OCH3 is 2. The Balaban J connectivity index is 2.27. The van der Waals surface area contributed by atoms with Crippen molar-refractivity contribution < 1.29 is 39.9 Å². The first-order valence-electron chi connectivity index (χ1n) is 15.4. The highest BCUT2D eigenvalue weighted by Gasteiger charge is 2.07. The van der Waals surface area contributed by atoms with Crippen LogP contribution in [0.25, 0.3) is 0 Å². The van der Waals surface area contributed by atoms with Crippen molar-refractivity contribution in [3.05, 3.63) is 52.9 Å². The molecule has 0 saturated heterocycles. The molecule has 0 aliphatic heterocycles. The molecule has 0 amide bonds. The zero-order valence-electron chi connectivity index (χ0n) is 29.5. The van der Waals surface area contributed by atoms with Gasteiger partial charge in [-0.2, -0.15) is 0 Å². The minimum atomic E-state index is -3.14. The third-order valence-corrected chi connectivity index (χ3v) is 3.59. The fourth-order valence-corrected chi connectivity index (χ4v) is 2.03. The Morgan fingerprint density at radius 2 is 1.88 bits per heavy atom. The van der Waals surface area contributed by atoms with Crippen LogP contribution in [-0.4, -0.2) is 31.8 Å². The van der Waals surface area contributed by atoms with Gasteiger partial charge in [-0.25, -0.2) is 0 Å². The average molecular weight is 374 g/mol. The van der Waals surface area contributed by atoms with Gasteiger partial charge in [0.25, 0.3) is 0 Å². The monoisotopic (exact) mass is 373 g/mol. The first-order chi connectivity index (χ1) is 18.4. The summed E-state index contributed by atoms with van der Waals surface area (Å²) in [6, 6.07) is -3.38. The molecule has 26 heavy (non-hydrogen) atoms. The minimum absolute atomic E-state index is 0.00491. The third-order valence-electron chi connectivity index (χ3n) is 3.59. The van der Waals surface area contributed by atoms with Crippen molar-refractivity contribution in [3.8, 4) is 17.2 Å². The van der Waals surface area contributed by atoms with E-state index in [1.165, 1.54) is 13.8 Å². The Bertz CT molecular complexity index is 1260. The van der Waals surface area contributed by atoms with Gasteiger partial charge in [0.15, 0.2) is 11.5 Å². The van der Waals surface area contributed by atoms with E-state index in [1.807, 2.05) is 0 Å². The Kier molecular flexibility index (Phi) is 3.03. The molecule has 0 fully saturated rings. The molecule has 0 radical (unpaired) electrons. The van der Waals surface area contributed by atoms with E-state index in [9.17, 15) is 5.11 Å². The number of benzene rings is 2. The molecule has 0 aromatic heterocycles. The molecular formula is C22H30O4. The van der Waals surface area contributed by atoms with Gasteiger partial charge in [0.2, 0.25) is 0 Å². The summed E-state index contributed by atoms with van der Waals surface area (Å²) in [5, 5.41) is 10.6. The Hall–Kier alpha value is -2.20. The maximum Gasteiger partial charge on any atom is 0.160 e. The molecule has 0 aliphatic carbocycles. The molecule has 0 heterocycles. The highest BCUT2D eigenvalue weighted by molar-refractivity contribution is 5.42. The van der Waals surface area contributed by atoms with Crippen LogP contribution in [-0.2, 0) is 6.42 Å². The smallest absolute Gasteiger partial charge is 0.160 e. The molecule has 1 N–H and O–H groups in total. The molecular weight excluding hydrogens is 328 g/mol. The zero-order chi connectivity index (χ0) is 31.9. The van der Waals surface area contributed by atoms with E-state index < -0.39 is 74.6 Å². The number of aliphatic hydroxyl groups is 1. The number of hydrogen-bond donors (Lipinski definition) is 1. The van der Waals surface area contributed by atoms with Crippen LogP contribution in [0.3, 0.4) is 0 Å². The summed E-state index contributed by atoms with van der Waals surface area (Å²) in [6.07, 6.45) is -3.77. The summed E-state index contributed by atoms with van der Waals surface area (Å²) in [5.74, 6) is -2.37. The van der Waals surface area contributed by atoms with Gasteiger partial charge in [-0.15, -0.1) is 0 Å². The van der Waals surface area contributed by atoms with Gasteiger partial charge in [0.1, 0.15) is 12.3 Å². The van der Waals surface area contributed by atoms with E-state index in [0.29, 0.717) is 5.56 Å². The standard InChI is InChI=1S/C22H30O4/c1-16-9-11-20(13-17(16)2)26-15-19(23)8-6-5-7-18-10-12-21(24-3)22(14-18)25-4/h9-14,19,23H,5-8,15H2,1-4H3/i3D3,4D3,9D,10D,11D,12D,13D,14D,15D2,19D. The van der Waals surface area contributed by atoms with Crippen LogP contribution in [0.1, 0.15) is 56.5 Å². The van der Waals surface area contributed by atoms with Crippen LogP contribution in [0.5, 0.6) is 17.2 Å². The van der Waals surface area contributed by atoms with Crippen LogP contribution >= 0.6 is 0 Å². The molecule has 2 aromatic rings. The number of hydrogen-bond acceptors (Lipinski definition) is 4. The SMILES string of the molecule is [2H]c1c([2H])c(OC([2H])([2H])C([2H])(O)CCCCc2c([2H])c([2H])c(OC([2H])([2H])[2H])c(OC([2H])([2H])[2H])c2[2H])c([2H])c(C)c1C. The van der Waals surface area contributed by atoms with E-state index in [4.69, 9.17) is 30.0 Å². The van der Waals surface area contributed by atoms with Gasteiger partial charge in [-0.1, -0.05) is 18.5 Å². The van der Waals surface area contributed by atoms with Crippen molar-refractivity contribution in [2.45, 2.75) is 45.6 Å². The molecule has 1 atom stereocenters. The van der Waals surface area contributed by atoms with E-state index in [-0.39, 0.29) is 42.5 Å². The highest BCUT2D eigenvalue weighted by Crippen LogP contribution is 2.28. The van der Waals surface area contributed by atoms with Crippen molar-refractivity contribution in [1.82, 2.24) is 0 Å². The Morgan fingerprint density at radius 1 is 1.08 bits per heavy atom. The maximum atomic E-state index is 10.6. The lowest BCUT2D eigenvalue weighted by molar-refractivity contribution is 0.0976. The second-order valence-corrected chi connectivity index (χ2v) is 5.53. The van der Waals surface area contributed by atoms with Crippen LogP contribution in [0, 0.1) is 13.8 Å². The highest BCUT2D eigenvalue weighted by atomic mass is 16.5. The van der Waals surface area contributed by atoms with Crippen molar-refractivity contribution >= 4 is 0 Å². The second kappa shape index (κ2) is 10.1. The Labute approximate surface area is 177 Å². The van der Waals surface area contributed by atoms with Crippen molar-refractivity contribution in [1.29, 1.82) is 0 Å². The fraction of sp³-hybridized carbons (Fsp3) is 0.455. The summed E-state index contributed by atoms with van der Waals surface area (Å²) in [4.78, 5) is 0. The predicted molar refractivity (Wildman–Crippen MR) is 105 cm³/mol. The largest absolute Gasteiger partial charge is 0.493 e. The summed E-state index contributed by atoms with van der Waals surface area (Å²) in [6.45, 7) is -0.116. The van der Waals surface area contributed by atoms with E-state index in [2.05, 4.69) is 4.74 Å². The van der Waals surface area contributed by atoms with Gasteiger partial charge in [0, 0.05) is 0 Å². The molecule has 142 valence electrons. The van der Waals surface area contributed by atoms with Crippen LogP contribution in [0.15, 0.2) is 36.3 Å². The summed E-state index contributed by atoms with van der Waals surface area (Å²) >= 11 is 0. The van der Waals surface area contributed by atoms with Crippen molar-refractivity contribution in [2.24, 2.45) is 0 Å². The number of ether oxygens (including phenoxy) is 3. The summed E-state index contributed by atoms with van der Waals surface area (Å²) in [7, 11) is -6.28. The van der Waals surface area contributed by atoms with E-state index in [0.717, 1.165) is 0 Å². The average Bonchev–Trinajstić information content (AvgIpc) is 2.83. The van der Waals surface area contributed by atoms with Crippen molar-refractivity contribution in [2.75, 3.05) is 20.6 Å². The molecule has 0 saturated carbocycles. The second-order valence-electron chi connectivity index (χ2n) is 5.53. The maximum absolute atomic E-state index is 10.6. The third kappa shape index (κ3) is 5.95. The normalized spacial score (nSPS) is 23.0. The fourth-order valence-electron chi connectivity index (χ4n) is 2.03. The number of unbranched alkanes of at least 4 members (excludes halogenated alkanes) is 1. The molecule has 4 heteroatoms. The summed E-state index contributed by atoms with van der Waals surface area (Å²) < 4.78 is 131. The van der Waals surface area contributed by atoms with Gasteiger partial charge in [0.05, 0.1) is 40.7 Å². The predicted octanol–water partition coefficient (Wildman–Crippen LogP) is 4.47. The Morgan fingerprint density at radius 3 is 2.69 bits per heavy atom. The van der Waals surface area contributed by atoms with Gasteiger partial charge < -0.3 is 19.3 Å². The van der Waals surface area contributed by atoms with Crippen LogP contribution < -0.4 is 14.2 Å². The first-order valence-corrected chi connectivity index (χ1v) is 7.91. The van der Waals surface area contributed by atoms with E-state index in [1.54, 1.807) is 0 Å². The van der Waals surface area contributed by atoms with Gasteiger partial charge >= 0.3 is 0 Å². The molecule has 0 bridgehead atoms. The molecule has 4 nitrogen and oxygen atoms in total. The van der Waals surface area contributed by atoms with E-state index >= 15 is 0 Å². The zero-order valence-corrected chi connectivity index (χ0v) is 14.5.